The normalized spacial score (nSPS) is 12.3. The van der Waals surface area contributed by atoms with E-state index in [9.17, 15) is 0 Å². The van der Waals surface area contributed by atoms with Gasteiger partial charge in [0.15, 0.2) is 0 Å². The molecule has 0 bridgehead atoms. The van der Waals surface area contributed by atoms with E-state index in [1.165, 1.54) is 22.0 Å². The Bertz CT molecular complexity index is 510. The van der Waals surface area contributed by atoms with Gasteiger partial charge in [-0.3, -0.25) is 0 Å². The number of rotatable bonds is 7. The highest BCUT2D eigenvalue weighted by molar-refractivity contribution is 9.10. The van der Waals surface area contributed by atoms with E-state index in [0.29, 0.717) is 6.04 Å². The molecule has 2 aromatic carbocycles. The standard InChI is InChI=1S/C18H22BrN/c1-2-20-17(13-12-15-8-4-3-5-9-15)14-16-10-6-7-11-18(16)19/h3-11,17,20H,2,12-14H2,1H3. The number of aryl methyl sites for hydroxylation is 1. The van der Waals surface area contributed by atoms with E-state index in [4.69, 9.17) is 0 Å². The molecule has 2 rings (SSSR count). The molecule has 0 saturated heterocycles. The summed E-state index contributed by atoms with van der Waals surface area (Å²) >= 11 is 3.64. The third-order valence-electron chi connectivity index (χ3n) is 3.54. The molecule has 0 aliphatic carbocycles. The Morgan fingerprint density at radius 2 is 1.70 bits per heavy atom. The van der Waals surface area contributed by atoms with Gasteiger partial charge in [0.05, 0.1) is 0 Å². The van der Waals surface area contributed by atoms with Crippen LogP contribution in [0.15, 0.2) is 59.1 Å². The summed E-state index contributed by atoms with van der Waals surface area (Å²) in [5.41, 5.74) is 2.80. The van der Waals surface area contributed by atoms with Crippen LogP contribution in [0.3, 0.4) is 0 Å². The Kier molecular flexibility index (Phi) is 6.28. The Labute approximate surface area is 130 Å². The molecule has 0 aliphatic heterocycles. The van der Waals surface area contributed by atoms with Crippen molar-refractivity contribution in [3.8, 4) is 0 Å². The molecule has 0 heterocycles. The second-order valence-corrected chi connectivity index (χ2v) is 5.93. The maximum absolute atomic E-state index is 3.64. The van der Waals surface area contributed by atoms with Crippen LogP contribution in [-0.4, -0.2) is 12.6 Å². The third kappa shape index (κ3) is 4.77. The molecule has 0 spiro atoms. The largest absolute Gasteiger partial charge is 0.314 e. The Morgan fingerprint density at radius 3 is 2.40 bits per heavy atom. The van der Waals surface area contributed by atoms with Gasteiger partial charge < -0.3 is 5.32 Å². The fraction of sp³-hybridized carbons (Fsp3) is 0.333. The highest BCUT2D eigenvalue weighted by Crippen LogP contribution is 2.19. The zero-order chi connectivity index (χ0) is 14.2. The first-order valence-electron chi connectivity index (χ1n) is 7.30. The number of nitrogens with one attached hydrogen (secondary N) is 1. The van der Waals surface area contributed by atoms with Gasteiger partial charge in [-0.05, 0) is 43.0 Å². The van der Waals surface area contributed by atoms with E-state index in [1.807, 2.05) is 0 Å². The summed E-state index contributed by atoms with van der Waals surface area (Å²) in [6.45, 7) is 3.19. The van der Waals surface area contributed by atoms with Crippen molar-refractivity contribution in [2.45, 2.75) is 32.2 Å². The molecule has 1 unspecified atom stereocenters. The van der Waals surface area contributed by atoms with Crippen LogP contribution >= 0.6 is 15.9 Å². The minimum atomic E-state index is 0.527. The zero-order valence-corrected chi connectivity index (χ0v) is 13.6. The first-order valence-corrected chi connectivity index (χ1v) is 8.09. The van der Waals surface area contributed by atoms with Crippen LogP contribution in [0, 0.1) is 0 Å². The van der Waals surface area contributed by atoms with Crippen LogP contribution in [0.5, 0.6) is 0 Å². The lowest BCUT2D eigenvalue weighted by Gasteiger charge is -2.18. The fourth-order valence-corrected chi connectivity index (χ4v) is 2.93. The smallest absolute Gasteiger partial charge is 0.0207 e. The Hall–Kier alpha value is -1.12. The minimum Gasteiger partial charge on any atom is -0.314 e. The van der Waals surface area contributed by atoms with Gasteiger partial charge in [-0.2, -0.15) is 0 Å². The molecule has 0 aliphatic rings. The highest BCUT2D eigenvalue weighted by atomic mass is 79.9. The first-order chi connectivity index (χ1) is 9.79. The SMILES string of the molecule is CCNC(CCc1ccccc1)Cc1ccccc1Br. The summed E-state index contributed by atoms with van der Waals surface area (Å²) in [5.74, 6) is 0. The van der Waals surface area contributed by atoms with E-state index < -0.39 is 0 Å². The van der Waals surface area contributed by atoms with Gasteiger partial charge in [0.1, 0.15) is 0 Å². The van der Waals surface area contributed by atoms with Crippen molar-refractivity contribution in [2.24, 2.45) is 0 Å². The van der Waals surface area contributed by atoms with Crippen molar-refractivity contribution in [2.75, 3.05) is 6.54 Å². The predicted molar refractivity (Wildman–Crippen MR) is 90.1 cm³/mol. The summed E-state index contributed by atoms with van der Waals surface area (Å²) in [4.78, 5) is 0. The van der Waals surface area contributed by atoms with Crippen molar-refractivity contribution in [1.29, 1.82) is 0 Å². The zero-order valence-electron chi connectivity index (χ0n) is 12.0. The minimum absolute atomic E-state index is 0.527. The molecule has 106 valence electrons. The number of likely N-dealkylation sites (N-methyl/N-ethyl adjacent to an activating group) is 1. The van der Waals surface area contributed by atoms with Gasteiger partial charge in [-0.1, -0.05) is 71.4 Å². The molecule has 2 heteroatoms. The van der Waals surface area contributed by atoms with Crippen LogP contribution in [0.1, 0.15) is 24.5 Å². The fourth-order valence-electron chi connectivity index (χ4n) is 2.48. The van der Waals surface area contributed by atoms with Gasteiger partial charge >= 0.3 is 0 Å². The van der Waals surface area contributed by atoms with Crippen molar-refractivity contribution in [3.63, 3.8) is 0 Å². The number of hydrogen-bond acceptors (Lipinski definition) is 1. The molecule has 0 saturated carbocycles. The van der Waals surface area contributed by atoms with Gasteiger partial charge in [-0.15, -0.1) is 0 Å². The van der Waals surface area contributed by atoms with E-state index in [1.54, 1.807) is 0 Å². The predicted octanol–water partition coefficient (Wildman–Crippen LogP) is 4.60. The molecule has 20 heavy (non-hydrogen) atoms. The molecule has 1 nitrogen and oxygen atoms in total. The molecule has 0 radical (unpaired) electrons. The number of halogens is 1. The molecule has 1 N–H and O–H groups in total. The van der Waals surface area contributed by atoms with Gasteiger partial charge in [0, 0.05) is 10.5 Å². The van der Waals surface area contributed by atoms with Crippen molar-refractivity contribution in [1.82, 2.24) is 5.32 Å². The quantitative estimate of drug-likeness (QED) is 0.781. The highest BCUT2D eigenvalue weighted by Gasteiger charge is 2.10. The molecule has 0 amide bonds. The van der Waals surface area contributed by atoms with E-state index >= 15 is 0 Å². The van der Waals surface area contributed by atoms with Crippen LogP contribution < -0.4 is 5.32 Å². The second-order valence-electron chi connectivity index (χ2n) is 5.07. The summed E-state index contributed by atoms with van der Waals surface area (Å²) < 4.78 is 1.21. The summed E-state index contributed by atoms with van der Waals surface area (Å²) in [6.07, 6.45) is 3.37. The lowest BCUT2D eigenvalue weighted by molar-refractivity contribution is 0.490. The maximum atomic E-state index is 3.64. The molecular weight excluding hydrogens is 310 g/mol. The van der Waals surface area contributed by atoms with Crippen LogP contribution in [0.2, 0.25) is 0 Å². The van der Waals surface area contributed by atoms with Crippen molar-refractivity contribution in [3.05, 3.63) is 70.2 Å². The van der Waals surface area contributed by atoms with Gasteiger partial charge in [-0.25, -0.2) is 0 Å². The lowest BCUT2D eigenvalue weighted by Crippen LogP contribution is -2.31. The van der Waals surface area contributed by atoms with Gasteiger partial charge in [0.25, 0.3) is 0 Å². The molecule has 0 fully saturated rings. The van der Waals surface area contributed by atoms with Crippen LogP contribution in [0.4, 0.5) is 0 Å². The third-order valence-corrected chi connectivity index (χ3v) is 4.31. The van der Waals surface area contributed by atoms with Gasteiger partial charge in [0.2, 0.25) is 0 Å². The maximum Gasteiger partial charge on any atom is 0.0207 e. The molecular formula is C18H22BrN. The molecule has 0 aromatic heterocycles. The topological polar surface area (TPSA) is 12.0 Å². The van der Waals surface area contributed by atoms with E-state index in [0.717, 1.165) is 19.4 Å². The lowest BCUT2D eigenvalue weighted by atomic mass is 9.99. The summed E-state index contributed by atoms with van der Waals surface area (Å²) in [7, 11) is 0. The summed E-state index contributed by atoms with van der Waals surface area (Å²) in [5, 5.41) is 3.61. The first kappa shape index (κ1) is 15.3. The van der Waals surface area contributed by atoms with E-state index in [-0.39, 0.29) is 0 Å². The monoisotopic (exact) mass is 331 g/mol. The second kappa shape index (κ2) is 8.23. The number of benzene rings is 2. The molecule has 1 atom stereocenters. The Balaban J connectivity index is 1.95. The van der Waals surface area contributed by atoms with E-state index in [2.05, 4.69) is 82.8 Å². The van der Waals surface area contributed by atoms with Crippen LogP contribution in [-0.2, 0) is 12.8 Å². The number of hydrogen-bond donors (Lipinski definition) is 1. The Morgan fingerprint density at radius 1 is 1.00 bits per heavy atom. The average Bonchev–Trinajstić information content (AvgIpc) is 2.48. The van der Waals surface area contributed by atoms with Crippen molar-refractivity contribution >= 4 is 15.9 Å². The summed E-state index contributed by atoms with van der Waals surface area (Å²) in [6, 6.07) is 19.8. The van der Waals surface area contributed by atoms with Crippen LogP contribution in [0.25, 0.3) is 0 Å². The van der Waals surface area contributed by atoms with Crippen molar-refractivity contribution < 1.29 is 0 Å². The average molecular weight is 332 g/mol. The molecule has 2 aromatic rings.